The van der Waals surface area contributed by atoms with E-state index in [0.29, 0.717) is 16.6 Å². The number of hydrogen-bond acceptors (Lipinski definition) is 5. The second kappa shape index (κ2) is 5.50. The van der Waals surface area contributed by atoms with Crippen LogP contribution in [0.5, 0.6) is 5.75 Å². The van der Waals surface area contributed by atoms with E-state index >= 15 is 0 Å². The molecule has 1 aromatic heterocycles. The summed E-state index contributed by atoms with van der Waals surface area (Å²) in [5.41, 5.74) is 3.21. The fourth-order valence-electron chi connectivity index (χ4n) is 2.19. The summed E-state index contributed by atoms with van der Waals surface area (Å²) >= 11 is 8.03. The zero-order valence-corrected chi connectivity index (χ0v) is 12.8. The topological polar surface area (TPSA) is 47.0 Å². The fraction of sp³-hybridized carbons (Fsp3) is 0.286. The zero-order chi connectivity index (χ0) is 14.1. The Hall–Kier alpha value is -1.46. The summed E-state index contributed by atoms with van der Waals surface area (Å²) in [6.45, 7) is 0. The van der Waals surface area contributed by atoms with E-state index in [1.165, 1.54) is 5.56 Å². The van der Waals surface area contributed by atoms with Gasteiger partial charge in [-0.05, 0) is 18.2 Å². The molecule has 20 heavy (non-hydrogen) atoms. The van der Waals surface area contributed by atoms with Gasteiger partial charge in [-0.3, -0.25) is 0 Å². The lowest BCUT2D eigenvalue weighted by Gasteiger charge is -2.10. The third-order valence-electron chi connectivity index (χ3n) is 3.22. The minimum absolute atomic E-state index is 0.564. The molecule has 0 spiro atoms. The number of nitrogens with zero attached hydrogens (tertiary/aromatic N) is 2. The zero-order valence-electron chi connectivity index (χ0n) is 11.2. The molecule has 4 nitrogen and oxygen atoms in total. The summed E-state index contributed by atoms with van der Waals surface area (Å²) in [7, 11) is 3.49. The van der Waals surface area contributed by atoms with E-state index in [4.69, 9.17) is 16.3 Å². The second-order valence-corrected chi connectivity index (χ2v) is 5.81. The van der Waals surface area contributed by atoms with Crippen molar-refractivity contribution in [2.45, 2.75) is 11.5 Å². The number of thioether (sulfide) groups is 1. The van der Waals surface area contributed by atoms with Gasteiger partial charge in [0.1, 0.15) is 11.6 Å². The van der Waals surface area contributed by atoms with Gasteiger partial charge in [0, 0.05) is 29.7 Å². The highest BCUT2D eigenvalue weighted by Gasteiger charge is 2.20. The lowest BCUT2D eigenvalue weighted by atomic mass is 10.1. The summed E-state index contributed by atoms with van der Waals surface area (Å²) in [4.78, 5) is 9.25. The van der Waals surface area contributed by atoms with Crippen molar-refractivity contribution >= 4 is 29.2 Å². The van der Waals surface area contributed by atoms with Crippen LogP contribution < -0.4 is 10.1 Å². The Bertz CT molecular complexity index is 663. The van der Waals surface area contributed by atoms with Crippen LogP contribution in [0.3, 0.4) is 0 Å². The lowest BCUT2D eigenvalue weighted by Crippen LogP contribution is -2.03. The quantitative estimate of drug-likeness (QED) is 0.939. The molecule has 1 aliphatic rings. The van der Waals surface area contributed by atoms with Crippen LogP contribution in [0.2, 0.25) is 5.02 Å². The van der Waals surface area contributed by atoms with Crippen LogP contribution >= 0.6 is 23.4 Å². The van der Waals surface area contributed by atoms with Crippen molar-refractivity contribution < 1.29 is 4.74 Å². The van der Waals surface area contributed by atoms with Crippen LogP contribution in [0.25, 0.3) is 11.4 Å². The number of rotatable bonds is 3. The largest absolute Gasteiger partial charge is 0.495 e. The number of hydrogen-bond donors (Lipinski definition) is 1. The van der Waals surface area contributed by atoms with E-state index < -0.39 is 0 Å². The predicted molar refractivity (Wildman–Crippen MR) is 83.6 cm³/mol. The molecule has 104 valence electrons. The van der Waals surface area contributed by atoms with Crippen molar-refractivity contribution in [3.63, 3.8) is 0 Å². The summed E-state index contributed by atoms with van der Waals surface area (Å²) < 4.78 is 5.17. The van der Waals surface area contributed by atoms with Crippen molar-refractivity contribution in [2.75, 3.05) is 19.5 Å². The maximum Gasteiger partial charge on any atom is 0.161 e. The molecule has 0 radical (unpaired) electrons. The molecule has 2 heterocycles. The molecule has 6 heteroatoms. The molecule has 3 rings (SSSR count). The van der Waals surface area contributed by atoms with E-state index in [0.717, 1.165) is 28.6 Å². The molecule has 0 bridgehead atoms. The van der Waals surface area contributed by atoms with Crippen molar-refractivity contribution in [3.05, 3.63) is 34.5 Å². The molecule has 2 aromatic rings. The van der Waals surface area contributed by atoms with Gasteiger partial charge in [0.05, 0.1) is 17.8 Å². The molecule has 0 unspecified atom stereocenters. The average Bonchev–Trinajstić information content (AvgIpc) is 2.94. The third kappa shape index (κ3) is 2.31. The first-order valence-electron chi connectivity index (χ1n) is 6.22. The Balaban J connectivity index is 2.08. The molecule has 1 aliphatic heterocycles. The van der Waals surface area contributed by atoms with Crippen molar-refractivity contribution in [3.8, 4) is 17.1 Å². The van der Waals surface area contributed by atoms with Crippen molar-refractivity contribution in [1.82, 2.24) is 9.97 Å². The Kier molecular flexibility index (Phi) is 3.72. The van der Waals surface area contributed by atoms with E-state index in [1.54, 1.807) is 7.11 Å². The molecule has 0 atom stereocenters. The number of nitrogens with one attached hydrogen (secondary N) is 1. The van der Waals surface area contributed by atoms with Gasteiger partial charge < -0.3 is 10.1 Å². The molecule has 1 N–H and O–H groups in total. The van der Waals surface area contributed by atoms with E-state index in [1.807, 2.05) is 37.0 Å². The third-order valence-corrected chi connectivity index (χ3v) is 4.49. The number of fused-ring (bicyclic) bond motifs is 1. The maximum atomic E-state index is 6.17. The summed E-state index contributed by atoms with van der Waals surface area (Å²) in [5.74, 6) is 4.15. The van der Waals surface area contributed by atoms with Gasteiger partial charge in [-0.1, -0.05) is 11.6 Å². The van der Waals surface area contributed by atoms with Gasteiger partial charge in [0.25, 0.3) is 0 Å². The van der Waals surface area contributed by atoms with E-state index in [-0.39, 0.29) is 0 Å². The molecule has 0 amide bonds. The Morgan fingerprint density at radius 1 is 1.30 bits per heavy atom. The van der Waals surface area contributed by atoms with Crippen LogP contribution in [0.1, 0.15) is 11.3 Å². The summed E-state index contributed by atoms with van der Waals surface area (Å²) in [5, 5.41) is 3.72. The molecular weight excluding hydrogens is 294 g/mol. The standard InChI is InChI=1S/C14H14ClN3OS/c1-16-14-9-6-20-7-11(9)17-13(18-14)8-3-4-12(19-2)10(15)5-8/h3-5H,6-7H2,1-2H3,(H,16,17,18). The molecule has 0 aliphatic carbocycles. The fourth-order valence-corrected chi connectivity index (χ4v) is 3.49. The minimum atomic E-state index is 0.564. The van der Waals surface area contributed by atoms with Gasteiger partial charge in [-0.25, -0.2) is 9.97 Å². The molecule has 1 aromatic carbocycles. The highest BCUT2D eigenvalue weighted by molar-refractivity contribution is 7.98. The number of benzene rings is 1. The Labute approximate surface area is 126 Å². The Morgan fingerprint density at radius 3 is 2.85 bits per heavy atom. The number of aromatic nitrogens is 2. The first-order valence-corrected chi connectivity index (χ1v) is 7.75. The number of ether oxygens (including phenoxy) is 1. The first-order chi connectivity index (χ1) is 9.72. The van der Waals surface area contributed by atoms with Crippen LogP contribution in [0.4, 0.5) is 5.82 Å². The average molecular weight is 308 g/mol. The monoisotopic (exact) mass is 307 g/mol. The smallest absolute Gasteiger partial charge is 0.161 e. The molecular formula is C14H14ClN3OS. The van der Waals surface area contributed by atoms with Gasteiger partial charge in [-0.2, -0.15) is 11.8 Å². The normalized spacial score (nSPS) is 13.2. The van der Waals surface area contributed by atoms with Crippen molar-refractivity contribution in [2.24, 2.45) is 0 Å². The van der Waals surface area contributed by atoms with Crippen LogP contribution in [0, 0.1) is 0 Å². The van der Waals surface area contributed by atoms with E-state index in [9.17, 15) is 0 Å². The summed E-state index contributed by atoms with van der Waals surface area (Å²) in [6, 6.07) is 5.60. The maximum absolute atomic E-state index is 6.17. The highest BCUT2D eigenvalue weighted by Crippen LogP contribution is 2.35. The number of anilines is 1. The Morgan fingerprint density at radius 2 is 2.15 bits per heavy atom. The van der Waals surface area contributed by atoms with Gasteiger partial charge >= 0.3 is 0 Å². The van der Waals surface area contributed by atoms with Gasteiger partial charge in [-0.15, -0.1) is 0 Å². The summed E-state index contributed by atoms with van der Waals surface area (Å²) in [6.07, 6.45) is 0. The first kappa shape index (κ1) is 13.5. The van der Waals surface area contributed by atoms with Gasteiger partial charge in [0.15, 0.2) is 5.82 Å². The van der Waals surface area contributed by atoms with Crippen molar-refractivity contribution in [1.29, 1.82) is 0 Å². The second-order valence-electron chi connectivity index (χ2n) is 4.41. The number of methoxy groups -OCH3 is 1. The molecule has 0 saturated carbocycles. The van der Waals surface area contributed by atoms with E-state index in [2.05, 4.69) is 15.3 Å². The number of halogens is 1. The molecule has 0 fully saturated rings. The lowest BCUT2D eigenvalue weighted by molar-refractivity contribution is 0.415. The van der Waals surface area contributed by atoms with Gasteiger partial charge in [0.2, 0.25) is 0 Å². The predicted octanol–water partition coefficient (Wildman–Crippen LogP) is 3.59. The van der Waals surface area contributed by atoms with Crippen LogP contribution in [-0.2, 0) is 11.5 Å². The van der Waals surface area contributed by atoms with Crippen LogP contribution in [-0.4, -0.2) is 24.1 Å². The minimum Gasteiger partial charge on any atom is -0.495 e. The van der Waals surface area contributed by atoms with Crippen LogP contribution in [0.15, 0.2) is 18.2 Å². The molecule has 0 saturated heterocycles. The SMILES string of the molecule is CNc1nc(-c2ccc(OC)c(Cl)c2)nc2c1CSC2. The highest BCUT2D eigenvalue weighted by atomic mass is 35.5.